The highest BCUT2D eigenvalue weighted by molar-refractivity contribution is 5.57. The van der Waals surface area contributed by atoms with E-state index >= 15 is 0 Å². The van der Waals surface area contributed by atoms with Gasteiger partial charge in [0.25, 0.3) is 0 Å². The minimum atomic E-state index is 0.276. The van der Waals surface area contributed by atoms with Gasteiger partial charge >= 0.3 is 0 Å². The van der Waals surface area contributed by atoms with Gasteiger partial charge in [0.05, 0.1) is 11.3 Å². The number of aryl methyl sites for hydroxylation is 1. The fraction of sp³-hybridized carbons (Fsp3) is 0.235. The summed E-state index contributed by atoms with van der Waals surface area (Å²) in [7, 11) is 0. The summed E-state index contributed by atoms with van der Waals surface area (Å²) in [5.74, 6) is 0.294. The van der Waals surface area contributed by atoms with Gasteiger partial charge in [-0.25, -0.2) is 0 Å². The molecule has 2 N–H and O–H groups in total. The van der Waals surface area contributed by atoms with E-state index in [0.717, 1.165) is 18.5 Å². The van der Waals surface area contributed by atoms with E-state index in [4.69, 9.17) is 5.26 Å². The van der Waals surface area contributed by atoms with E-state index in [1.165, 1.54) is 5.56 Å². The number of para-hydroxylation sites is 1. The van der Waals surface area contributed by atoms with Crippen molar-refractivity contribution in [2.45, 2.75) is 25.8 Å². The van der Waals surface area contributed by atoms with Gasteiger partial charge in [-0.15, -0.1) is 0 Å². The first-order valence-corrected chi connectivity index (χ1v) is 6.72. The number of anilines is 1. The molecule has 0 saturated carbocycles. The number of nitrogens with one attached hydrogen (secondary N) is 1. The molecule has 2 rings (SSSR count). The van der Waals surface area contributed by atoms with E-state index in [0.29, 0.717) is 11.3 Å². The summed E-state index contributed by atoms with van der Waals surface area (Å²) < 4.78 is 0. The average molecular weight is 266 g/mol. The van der Waals surface area contributed by atoms with Gasteiger partial charge in [0, 0.05) is 6.04 Å². The molecule has 20 heavy (non-hydrogen) atoms. The quantitative estimate of drug-likeness (QED) is 0.867. The van der Waals surface area contributed by atoms with Crippen LogP contribution in [0.25, 0.3) is 0 Å². The molecule has 3 heteroatoms. The second kappa shape index (κ2) is 6.63. The second-order valence-electron chi connectivity index (χ2n) is 4.91. The van der Waals surface area contributed by atoms with Crippen LogP contribution in [0.2, 0.25) is 0 Å². The summed E-state index contributed by atoms with van der Waals surface area (Å²) in [5.41, 5.74) is 2.75. The maximum Gasteiger partial charge on any atom is 0.115 e. The lowest BCUT2D eigenvalue weighted by molar-refractivity contribution is 0.475. The predicted molar refractivity (Wildman–Crippen MR) is 80.7 cm³/mol. The SMILES string of the molecule is CC(CCc1ccc(O)cc1)Nc1ccccc1C#N. The Balaban J connectivity index is 1.91. The number of phenolic OH excluding ortho intramolecular Hbond substituents is 1. The number of benzene rings is 2. The Morgan fingerprint density at radius 2 is 1.85 bits per heavy atom. The minimum Gasteiger partial charge on any atom is -0.508 e. The molecule has 0 saturated heterocycles. The number of phenols is 1. The largest absolute Gasteiger partial charge is 0.508 e. The summed E-state index contributed by atoms with van der Waals surface area (Å²) in [5, 5.41) is 21.7. The molecule has 0 aliphatic carbocycles. The Hall–Kier alpha value is -2.47. The van der Waals surface area contributed by atoms with Crippen molar-refractivity contribution in [1.29, 1.82) is 5.26 Å². The fourth-order valence-electron chi connectivity index (χ4n) is 2.09. The third-order valence-electron chi connectivity index (χ3n) is 3.25. The van der Waals surface area contributed by atoms with Crippen molar-refractivity contribution in [3.63, 3.8) is 0 Å². The molecule has 0 fully saturated rings. The monoisotopic (exact) mass is 266 g/mol. The fourth-order valence-corrected chi connectivity index (χ4v) is 2.09. The van der Waals surface area contributed by atoms with Gasteiger partial charge in [0.2, 0.25) is 0 Å². The Morgan fingerprint density at radius 1 is 1.15 bits per heavy atom. The second-order valence-corrected chi connectivity index (χ2v) is 4.91. The summed E-state index contributed by atoms with van der Waals surface area (Å²) in [6, 6.07) is 17.3. The molecular weight excluding hydrogens is 248 g/mol. The van der Waals surface area contributed by atoms with Crippen molar-refractivity contribution in [2.24, 2.45) is 0 Å². The number of rotatable bonds is 5. The molecule has 0 amide bonds. The van der Waals surface area contributed by atoms with Gasteiger partial charge in [-0.3, -0.25) is 0 Å². The van der Waals surface area contributed by atoms with Gasteiger partial charge < -0.3 is 10.4 Å². The molecule has 0 aliphatic heterocycles. The van der Waals surface area contributed by atoms with E-state index in [1.54, 1.807) is 12.1 Å². The Bertz CT molecular complexity index is 599. The lowest BCUT2D eigenvalue weighted by Crippen LogP contribution is -2.16. The molecular formula is C17H18N2O. The minimum absolute atomic E-state index is 0.276. The smallest absolute Gasteiger partial charge is 0.115 e. The number of nitriles is 1. The number of aromatic hydroxyl groups is 1. The summed E-state index contributed by atoms with van der Waals surface area (Å²) in [4.78, 5) is 0. The van der Waals surface area contributed by atoms with Crippen LogP contribution >= 0.6 is 0 Å². The number of nitrogens with zero attached hydrogens (tertiary/aromatic N) is 1. The summed E-state index contributed by atoms with van der Waals surface area (Å²) in [6.45, 7) is 2.11. The lowest BCUT2D eigenvalue weighted by atomic mass is 10.1. The van der Waals surface area contributed by atoms with Gasteiger partial charge in [0.15, 0.2) is 0 Å². The van der Waals surface area contributed by atoms with E-state index < -0.39 is 0 Å². The van der Waals surface area contributed by atoms with Crippen LogP contribution in [0.1, 0.15) is 24.5 Å². The van der Waals surface area contributed by atoms with Crippen molar-refractivity contribution >= 4 is 5.69 Å². The van der Waals surface area contributed by atoms with Gasteiger partial charge in [-0.1, -0.05) is 24.3 Å². The summed E-state index contributed by atoms with van der Waals surface area (Å²) in [6.07, 6.45) is 1.90. The molecule has 1 atom stereocenters. The normalized spacial score (nSPS) is 11.6. The summed E-state index contributed by atoms with van der Waals surface area (Å²) >= 11 is 0. The Morgan fingerprint density at radius 3 is 2.55 bits per heavy atom. The number of hydrogen-bond acceptors (Lipinski definition) is 3. The maximum atomic E-state index is 9.24. The van der Waals surface area contributed by atoms with E-state index in [-0.39, 0.29) is 6.04 Å². The molecule has 102 valence electrons. The van der Waals surface area contributed by atoms with Crippen LogP contribution < -0.4 is 5.32 Å². The number of hydrogen-bond donors (Lipinski definition) is 2. The highest BCUT2D eigenvalue weighted by Gasteiger charge is 2.06. The zero-order valence-electron chi connectivity index (χ0n) is 11.5. The van der Waals surface area contributed by atoms with E-state index in [9.17, 15) is 5.11 Å². The maximum absolute atomic E-state index is 9.24. The van der Waals surface area contributed by atoms with Gasteiger partial charge in [-0.2, -0.15) is 5.26 Å². The molecule has 0 spiro atoms. The average Bonchev–Trinajstić information content (AvgIpc) is 2.47. The standard InChI is InChI=1S/C17H18N2O/c1-13(6-7-14-8-10-16(20)11-9-14)19-17-5-3-2-4-15(17)12-18/h2-5,8-11,13,19-20H,6-7H2,1H3. The first-order valence-electron chi connectivity index (χ1n) is 6.72. The van der Waals surface area contributed by atoms with Crippen LogP contribution in [0.15, 0.2) is 48.5 Å². The molecule has 0 aliphatic rings. The topological polar surface area (TPSA) is 56.0 Å². The van der Waals surface area contributed by atoms with E-state index in [1.807, 2.05) is 36.4 Å². The van der Waals surface area contributed by atoms with Crippen molar-refractivity contribution < 1.29 is 5.11 Å². The zero-order valence-corrected chi connectivity index (χ0v) is 11.5. The first kappa shape index (κ1) is 14.0. The molecule has 1 unspecified atom stereocenters. The van der Waals surface area contributed by atoms with Crippen LogP contribution in [0.5, 0.6) is 5.75 Å². The highest BCUT2D eigenvalue weighted by atomic mass is 16.3. The first-order chi connectivity index (χ1) is 9.69. The molecule has 2 aromatic carbocycles. The molecule has 0 heterocycles. The molecule has 0 aromatic heterocycles. The Kier molecular flexibility index (Phi) is 4.62. The van der Waals surface area contributed by atoms with Crippen molar-refractivity contribution in [3.05, 3.63) is 59.7 Å². The third-order valence-corrected chi connectivity index (χ3v) is 3.25. The van der Waals surface area contributed by atoms with Crippen LogP contribution in [0, 0.1) is 11.3 Å². The van der Waals surface area contributed by atoms with Crippen molar-refractivity contribution in [3.8, 4) is 11.8 Å². The van der Waals surface area contributed by atoms with Crippen LogP contribution in [-0.4, -0.2) is 11.1 Å². The highest BCUT2D eigenvalue weighted by Crippen LogP contribution is 2.17. The van der Waals surface area contributed by atoms with Crippen LogP contribution in [0.4, 0.5) is 5.69 Å². The third kappa shape index (κ3) is 3.76. The van der Waals surface area contributed by atoms with Crippen molar-refractivity contribution in [2.75, 3.05) is 5.32 Å². The van der Waals surface area contributed by atoms with E-state index in [2.05, 4.69) is 18.3 Å². The van der Waals surface area contributed by atoms with Gasteiger partial charge in [0.1, 0.15) is 11.8 Å². The molecule has 0 bridgehead atoms. The van der Waals surface area contributed by atoms with Crippen LogP contribution in [-0.2, 0) is 6.42 Å². The Labute approximate surface area is 119 Å². The predicted octanol–water partition coefficient (Wildman–Crippen LogP) is 3.70. The van der Waals surface area contributed by atoms with Crippen molar-refractivity contribution in [1.82, 2.24) is 0 Å². The lowest BCUT2D eigenvalue weighted by Gasteiger charge is -2.16. The molecule has 0 radical (unpaired) electrons. The molecule has 3 nitrogen and oxygen atoms in total. The van der Waals surface area contributed by atoms with Crippen LogP contribution in [0.3, 0.4) is 0 Å². The molecule has 2 aromatic rings. The zero-order chi connectivity index (χ0) is 14.4. The van der Waals surface area contributed by atoms with Gasteiger partial charge in [-0.05, 0) is 49.6 Å².